The average Bonchev–Trinajstić information content (AvgIpc) is 3.31. The van der Waals surface area contributed by atoms with Crippen LogP contribution >= 0.6 is 0 Å². The molecule has 2 rings (SSSR count). The van der Waals surface area contributed by atoms with Crippen LogP contribution in [0.1, 0.15) is 50.5 Å². The van der Waals surface area contributed by atoms with Crippen molar-refractivity contribution in [2.45, 2.75) is 63.5 Å². The molecule has 1 heterocycles. The minimum Gasteiger partial charge on any atom is -0.463 e. The number of ether oxygens (including phenoxy) is 1. The molecule has 0 aliphatic carbocycles. The second-order valence-corrected chi connectivity index (χ2v) is 8.75. The van der Waals surface area contributed by atoms with Gasteiger partial charge in [-0.05, 0) is 44.1 Å². The number of unbranched alkanes of at least 4 members (excludes halogenated alkanes) is 1. The minimum absolute atomic E-state index is 0.0146. The first kappa shape index (κ1) is 27.3. The molecule has 1 aromatic carbocycles. The Morgan fingerprint density at radius 1 is 1.21 bits per heavy atom. The van der Waals surface area contributed by atoms with Crippen molar-refractivity contribution in [3.63, 3.8) is 0 Å². The van der Waals surface area contributed by atoms with E-state index in [1.54, 1.807) is 17.1 Å². The highest BCUT2D eigenvalue weighted by molar-refractivity contribution is 5.86. The van der Waals surface area contributed by atoms with Crippen molar-refractivity contribution in [3.8, 4) is 0 Å². The van der Waals surface area contributed by atoms with Crippen LogP contribution in [0.3, 0.4) is 0 Å². The van der Waals surface area contributed by atoms with E-state index >= 15 is 0 Å². The van der Waals surface area contributed by atoms with Crippen LogP contribution in [-0.4, -0.2) is 59.6 Å². The first-order valence-corrected chi connectivity index (χ1v) is 12.1. The predicted octanol–water partition coefficient (Wildman–Crippen LogP) is 3.18. The maximum Gasteiger partial charge on any atom is 0.305 e. The number of likely N-dealkylation sites (tertiary alicyclic amines) is 1. The number of aliphatic hydroxyl groups excluding tert-OH is 1. The van der Waals surface area contributed by atoms with Crippen LogP contribution < -0.4 is 5.32 Å². The molecule has 186 valence electrons. The highest BCUT2D eigenvalue weighted by atomic mass is 16.5. The first-order valence-electron chi connectivity index (χ1n) is 12.1. The van der Waals surface area contributed by atoms with Crippen LogP contribution in [0.5, 0.6) is 0 Å². The second-order valence-electron chi connectivity index (χ2n) is 8.75. The van der Waals surface area contributed by atoms with Crippen molar-refractivity contribution >= 4 is 17.8 Å². The number of carbonyl (C=O) groups is 3. The van der Waals surface area contributed by atoms with E-state index < -0.39 is 12.0 Å². The molecular weight excluding hydrogens is 432 g/mol. The van der Waals surface area contributed by atoms with E-state index in [-0.39, 0.29) is 43.5 Å². The Morgan fingerprint density at radius 3 is 2.65 bits per heavy atom. The van der Waals surface area contributed by atoms with Gasteiger partial charge in [0.05, 0.1) is 24.6 Å². The summed E-state index contributed by atoms with van der Waals surface area (Å²) >= 11 is 0. The van der Waals surface area contributed by atoms with E-state index in [0.717, 1.165) is 24.8 Å². The molecule has 1 aliphatic rings. The van der Waals surface area contributed by atoms with Crippen molar-refractivity contribution in [3.05, 3.63) is 61.2 Å². The number of nitrogens with zero attached hydrogens (tertiary/aromatic N) is 1. The summed E-state index contributed by atoms with van der Waals surface area (Å²) in [6.07, 6.45) is 7.71. The topological polar surface area (TPSA) is 95.9 Å². The van der Waals surface area contributed by atoms with Gasteiger partial charge >= 0.3 is 5.97 Å². The van der Waals surface area contributed by atoms with E-state index in [1.807, 2.05) is 30.3 Å². The third kappa shape index (κ3) is 9.14. The zero-order valence-corrected chi connectivity index (χ0v) is 20.0. The second kappa shape index (κ2) is 15.1. The van der Waals surface area contributed by atoms with Gasteiger partial charge in [0.25, 0.3) is 0 Å². The van der Waals surface area contributed by atoms with Crippen molar-refractivity contribution in [1.82, 2.24) is 10.2 Å². The van der Waals surface area contributed by atoms with Crippen molar-refractivity contribution in [1.29, 1.82) is 0 Å². The molecule has 1 aliphatic heterocycles. The third-order valence-corrected chi connectivity index (χ3v) is 6.03. The van der Waals surface area contributed by atoms with Gasteiger partial charge in [0.15, 0.2) is 0 Å². The summed E-state index contributed by atoms with van der Waals surface area (Å²) < 4.78 is 5.40. The van der Waals surface area contributed by atoms with Gasteiger partial charge in [0.1, 0.15) is 6.61 Å². The highest BCUT2D eigenvalue weighted by Crippen LogP contribution is 2.23. The standard InChI is InChI=1S/C27H38N2O5/c1-3-5-7-15-26(32)34-20-24-14-10-16-29(24)27(33)22(11-4-2)18-25(31)28-23(19-30)17-21-12-8-6-9-13-21/h3-4,6,8-9,12-13,22-24,30H,1-2,5,7,10-11,14-20H2,(H,28,31)/t22-,23+,24-/m0/s1. The maximum absolute atomic E-state index is 13.3. The summed E-state index contributed by atoms with van der Waals surface area (Å²) in [4.78, 5) is 39.7. The molecule has 1 aromatic rings. The average molecular weight is 471 g/mol. The molecule has 2 N–H and O–H groups in total. The summed E-state index contributed by atoms with van der Waals surface area (Å²) in [5, 5.41) is 12.6. The number of amides is 2. The number of aliphatic hydroxyl groups is 1. The van der Waals surface area contributed by atoms with Crippen LogP contribution in [0.4, 0.5) is 0 Å². The number of hydrogen-bond donors (Lipinski definition) is 2. The summed E-state index contributed by atoms with van der Waals surface area (Å²) in [6.45, 7) is 7.96. The number of carbonyl (C=O) groups excluding carboxylic acids is 3. The molecule has 0 spiro atoms. The van der Waals surface area contributed by atoms with E-state index in [9.17, 15) is 19.5 Å². The smallest absolute Gasteiger partial charge is 0.305 e. The molecule has 0 aromatic heterocycles. The lowest BCUT2D eigenvalue weighted by atomic mass is 9.98. The van der Waals surface area contributed by atoms with Crippen LogP contribution in [0, 0.1) is 5.92 Å². The van der Waals surface area contributed by atoms with Crippen LogP contribution in [-0.2, 0) is 25.5 Å². The Bertz CT molecular complexity index is 810. The molecule has 0 bridgehead atoms. The SMILES string of the molecule is C=CCCCC(=O)OC[C@@H]1CCCN1C(=O)[C@@H](CC=C)CC(=O)N[C@@H](CO)Cc1ccccc1. The zero-order chi connectivity index (χ0) is 24.8. The van der Waals surface area contributed by atoms with Gasteiger partial charge in [-0.2, -0.15) is 0 Å². The highest BCUT2D eigenvalue weighted by Gasteiger charge is 2.34. The van der Waals surface area contributed by atoms with Crippen molar-refractivity contribution in [2.75, 3.05) is 19.8 Å². The van der Waals surface area contributed by atoms with Gasteiger partial charge in [-0.25, -0.2) is 0 Å². The number of rotatable bonds is 15. The Kier molecular flexibility index (Phi) is 12.1. The van der Waals surface area contributed by atoms with Gasteiger partial charge < -0.3 is 20.1 Å². The predicted molar refractivity (Wildman–Crippen MR) is 132 cm³/mol. The fraction of sp³-hybridized carbons (Fsp3) is 0.519. The molecule has 7 heteroatoms. The van der Waals surface area contributed by atoms with Crippen molar-refractivity contribution in [2.24, 2.45) is 5.92 Å². The molecule has 3 atom stereocenters. The number of esters is 1. The van der Waals surface area contributed by atoms with E-state index in [0.29, 0.717) is 32.2 Å². The normalized spacial score (nSPS) is 17.0. The monoisotopic (exact) mass is 470 g/mol. The Balaban J connectivity index is 1.91. The van der Waals surface area contributed by atoms with Gasteiger partial charge in [-0.15, -0.1) is 13.2 Å². The van der Waals surface area contributed by atoms with E-state index in [4.69, 9.17) is 4.74 Å². The lowest BCUT2D eigenvalue weighted by molar-refractivity contribution is -0.148. The largest absolute Gasteiger partial charge is 0.463 e. The van der Waals surface area contributed by atoms with Crippen molar-refractivity contribution < 1.29 is 24.2 Å². The number of hydrogen-bond acceptors (Lipinski definition) is 5. The maximum atomic E-state index is 13.3. The first-order chi connectivity index (χ1) is 16.5. The zero-order valence-electron chi connectivity index (χ0n) is 20.0. The van der Waals surface area contributed by atoms with Crippen LogP contribution in [0.2, 0.25) is 0 Å². The molecule has 34 heavy (non-hydrogen) atoms. The summed E-state index contributed by atoms with van der Waals surface area (Å²) in [6, 6.07) is 9.03. The molecule has 0 unspecified atom stereocenters. The fourth-order valence-electron chi connectivity index (χ4n) is 4.23. The number of benzene rings is 1. The van der Waals surface area contributed by atoms with Gasteiger partial charge in [0, 0.05) is 19.4 Å². The molecule has 2 amide bonds. The molecule has 7 nitrogen and oxygen atoms in total. The molecular formula is C27H38N2O5. The molecule has 1 fully saturated rings. The lowest BCUT2D eigenvalue weighted by Gasteiger charge is -2.28. The summed E-state index contributed by atoms with van der Waals surface area (Å²) in [5.74, 6) is -1.21. The lowest BCUT2D eigenvalue weighted by Crippen LogP contribution is -2.45. The summed E-state index contributed by atoms with van der Waals surface area (Å²) in [7, 11) is 0. The molecule has 0 saturated carbocycles. The number of nitrogens with one attached hydrogen (secondary N) is 1. The minimum atomic E-state index is -0.544. The van der Waals surface area contributed by atoms with Crippen LogP contribution in [0.25, 0.3) is 0 Å². The van der Waals surface area contributed by atoms with Crippen LogP contribution in [0.15, 0.2) is 55.6 Å². The van der Waals surface area contributed by atoms with Gasteiger partial charge in [0.2, 0.25) is 11.8 Å². The quantitative estimate of drug-likeness (QED) is 0.233. The number of allylic oxidation sites excluding steroid dienone is 2. The van der Waals surface area contributed by atoms with Gasteiger partial charge in [-0.3, -0.25) is 14.4 Å². The fourth-order valence-corrected chi connectivity index (χ4v) is 4.23. The van der Waals surface area contributed by atoms with E-state index in [1.165, 1.54) is 0 Å². The molecule has 1 saturated heterocycles. The Hall–Kier alpha value is -2.93. The summed E-state index contributed by atoms with van der Waals surface area (Å²) in [5.41, 5.74) is 1.01. The Morgan fingerprint density at radius 2 is 1.97 bits per heavy atom. The van der Waals surface area contributed by atoms with Gasteiger partial charge in [-0.1, -0.05) is 42.5 Å². The Labute approximate surface area is 202 Å². The van der Waals surface area contributed by atoms with E-state index in [2.05, 4.69) is 18.5 Å². The molecule has 0 radical (unpaired) electrons. The third-order valence-electron chi connectivity index (χ3n) is 6.03.